The second-order valence-electron chi connectivity index (χ2n) is 6.30. The van der Waals surface area contributed by atoms with E-state index in [1.54, 1.807) is 27.8 Å². The molecule has 1 saturated heterocycles. The smallest absolute Gasteiger partial charge is 0.273 e. The summed E-state index contributed by atoms with van der Waals surface area (Å²) in [4.78, 5) is 27.3. The number of hydrogen-bond acceptors (Lipinski definition) is 5. The number of anilines is 1. The maximum Gasteiger partial charge on any atom is 0.273 e. The highest BCUT2D eigenvalue weighted by Crippen LogP contribution is 2.25. The average Bonchev–Trinajstić information content (AvgIpc) is 3.01. The predicted octanol–water partition coefficient (Wildman–Crippen LogP) is 1.96. The zero-order chi connectivity index (χ0) is 18.0. The largest absolute Gasteiger partial charge is 0.294 e. The Bertz CT molecular complexity index is 788. The van der Waals surface area contributed by atoms with Crippen LogP contribution in [0.1, 0.15) is 18.4 Å². The molecule has 1 aromatic carbocycles. The number of para-hydroxylation sites is 1. The summed E-state index contributed by atoms with van der Waals surface area (Å²) < 4.78 is 1.67. The van der Waals surface area contributed by atoms with Crippen LogP contribution in [-0.4, -0.2) is 45.1 Å². The number of likely N-dealkylation sites (N-methyl/N-ethyl adjacent to an activating group) is 1. The van der Waals surface area contributed by atoms with E-state index < -0.39 is 0 Å². The van der Waals surface area contributed by atoms with Gasteiger partial charge in [-0.2, -0.15) is 5.10 Å². The fourth-order valence-corrected chi connectivity index (χ4v) is 3.24. The second kappa shape index (κ2) is 7.02. The number of carbonyl (C=O) groups is 1. The maximum atomic E-state index is 12.9. The molecule has 0 N–H and O–H groups in total. The molecule has 0 radical (unpaired) electrons. The van der Waals surface area contributed by atoms with Crippen molar-refractivity contribution in [1.29, 1.82) is 0 Å². The molecule has 1 fully saturated rings. The van der Waals surface area contributed by atoms with E-state index in [2.05, 4.69) is 5.10 Å². The highest BCUT2D eigenvalue weighted by molar-refractivity contribution is 5.97. The van der Waals surface area contributed by atoms with Crippen LogP contribution in [0.15, 0.2) is 36.5 Å². The fourth-order valence-electron chi connectivity index (χ4n) is 3.24. The van der Waals surface area contributed by atoms with Crippen LogP contribution in [0.4, 0.5) is 11.5 Å². The quantitative estimate of drug-likeness (QED) is 0.612. The summed E-state index contributed by atoms with van der Waals surface area (Å²) in [7, 11) is 3.65. The Morgan fingerprint density at radius 2 is 2.12 bits per heavy atom. The minimum atomic E-state index is -0.383. The van der Waals surface area contributed by atoms with Crippen molar-refractivity contribution in [3.8, 4) is 0 Å². The van der Waals surface area contributed by atoms with Crippen LogP contribution in [0.25, 0.3) is 0 Å². The van der Waals surface area contributed by atoms with Gasteiger partial charge in [-0.1, -0.05) is 18.2 Å². The summed E-state index contributed by atoms with van der Waals surface area (Å²) in [5.41, 5.74) is 0.692. The zero-order valence-electron chi connectivity index (χ0n) is 14.3. The number of aryl methyl sites for hydroxylation is 1. The molecule has 2 aromatic rings. The van der Waals surface area contributed by atoms with E-state index in [1.165, 1.54) is 6.07 Å². The molecule has 0 bridgehead atoms. The monoisotopic (exact) mass is 343 g/mol. The molecular weight excluding hydrogens is 322 g/mol. The summed E-state index contributed by atoms with van der Waals surface area (Å²) in [6.07, 6.45) is 3.41. The Hall–Kier alpha value is -2.74. The summed E-state index contributed by atoms with van der Waals surface area (Å²) >= 11 is 0. The lowest BCUT2D eigenvalue weighted by Gasteiger charge is -2.35. The van der Waals surface area contributed by atoms with Crippen LogP contribution in [0.2, 0.25) is 0 Å². The SMILES string of the molecule is CN(Cc1ccccc1[N+](=O)[O-])[C@H]1CCCN(c2ccn(C)n2)C1=O. The van der Waals surface area contributed by atoms with Crippen molar-refractivity contribution >= 4 is 17.4 Å². The Balaban J connectivity index is 1.77. The fraction of sp³-hybridized carbons (Fsp3) is 0.412. The molecule has 2 heterocycles. The third-order valence-electron chi connectivity index (χ3n) is 4.53. The number of nitrogens with zero attached hydrogens (tertiary/aromatic N) is 5. The third-order valence-corrected chi connectivity index (χ3v) is 4.53. The lowest BCUT2D eigenvalue weighted by molar-refractivity contribution is -0.385. The standard InChI is InChI=1S/C17H21N5O3/c1-19(12-13-6-3-4-7-14(13)22(24)25)15-8-5-10-21(17(15)23)16-9-11-20(2)18-16/h3-4,6-7,9,11,15H,5,8,10,12H2,1-2H3/t15-/m0/s1. The normalized spacial score (nSPS) is 18.0. The molecule has 3 rings (SSSR count). The van der Waals surface area contributed by atoms with Crippen molar-refractivity contribution in [3.05, 3.63) is 52.2 Å². The highest BCUT2D eigenvalue weighted by Gasteiger charge is 2.33. The van der Waals surface area contributed by atoms with Crippen LogP contribution >= 0.6 is 0 Å². The van der Waals surface area contributed by atoms with Crippen molar-refractivity contribution in [3.63, 3.8) is 0 Å². The summed E-state index contributed by atoms with van der Waals surface area (Å²) in [5.74, 6) is 0.641. The molecular formula is C17H21N5O3. The van der Waals surface area contributed by atoms with E-state index >= 15 is 0 Å². The molecule has 0 unspecified atom stereocenters. The molecule has 8 heteroatoms. The summed E-state index contributed by atoms with van der Waals surface area (Å²) in [6, 6.07) is 8.16. The molecule has 1 amide bonds. The van der Waals surface area contributed by atoms with Gasteiger partial charge in [-0.25, -0.2) is 0 Å². The number of nitro benzene ring substituents is 1. The van der Waals surface area contributed by atoms with Gasteiger partial charge in [0.2, 0.25) is 5.91 Å². The van der Waals surface area contributed by atoms with Crippen LogP contribution in [-0.2, 0) is 18.4 Å². The van der Waals surface area contributed by atoms with Crippen molar-refractivity contribution in [2.45, 2.75) is 25.4 Å². The topological polar surface area (TPSA) is 84.5 Å². The first-order valence-corrected chi connectivity index (χ1v) is 8.21. The van der Waals surface area contributed by atoms with E-state index in [4.69, 9.17) is 0 Å². The number of benzene rings is 1. The lowest BCUT2D eigenvalue weighted by atomic mass is 10.0. The molecule has 1 aliphatic rings. The Kier molecular flexibility index (Phi) is 4.80. The minimum Gasteiger partial charge on any atom is -0.294 e. The second-order valence-corrected chi connectivity index (χ2v) is 6.30. The zero-order valence-corrected chi connectivity index (χ0v) is 14.3. The first kappa shape index (κ1) is 17.1. The van der Waals surface area contributed by atoms with Gasteiger partial charge in [0.25, 0.3) is 5.69 Å². The first-order valence-electron chi connectivity index (χ1n) is 8.21. The van der Waals surface area contributed by atoms with Gasteiger partial charge in [-0.05, 0) is 19.9 Å². The van der Waals surface area contributed by atoms with Crippen molar-refractivity contribution < 1.29 is 9.72 Å². The van der Waals surface area contributed by atoms with Crippen LogP contribution in [0.3, 0.4) is 0 Å². The minimum absolute atomic E-state index is 0.00830. The molecule has 132 valence electrons. The van der Waals surface area contributed by atoms with Gasteiger partial charge >= 0.3 is 0 Å². The Morgan fingerprint density at radius 1 is 1.36 bits per heavy atom. The number of rotatable bonds is 5. The molecule has 1 aromatic heterocycles. The van der Waals surface area contributed by atoms with Gasteiger partial charge in [0.1, 0.15) is 0 Å². The maximum absolute atomic E-state index is 12.9. The number of carbonyl (C=O) groups excluding carboxylic acids is 1. The molecule has 0 saturated carbocycles. The van der Waals surface area contributed by atoms with Crippen molar-refractivity contribution in [2.24, 2.45) is 7.05 Å². The van der Waals surface area contributed by atoms with Crippen LogP contribution < -0.4 is 4.90 Å². The van der Waals surface area contributed by atoms with Gasteiger partial charge in [-0.3, -0.25) is 29.4 Å². The lowest BCUT2D eigenvalue weighted by Crippen LogP contribution is -2.51. The van der Waals surface area contributed by atoms with E-state index in [0.29, 0.717) is 24.5 Å². The molecule has 0 aliphatic carbocycles. The molecule has 25 heavy (non-hydrogen) atoms. The number of aromatic nitrogens is 2. The van der Waals surface area contributed by atoms with Crippen molar-refractivity contribution in [1.82, 2.24) is 14.7 Å². The Labute approximate surface area is 145 Å². The Morgan fingerprint density at radius 3 is 2.80 bits per heavy atom. The molecule has 1 aliphatic heterocycles. The van der Waals surface area contributed by atoms with Gasteiger partial charge in [0.15, 0.2) is 5.82 Å². The van der Waals surface area contributed by atoms with Crippen LogP contribution in [0, 0.1) is 10.1 Å². The molecule has 8 nitrogen and oxygen atoms in total. The summed E-state index contributed by atoms with van der Waals surface area (Å²) in [6.45, 7) is 0.995. The van der Waals surface area contributed by atoms with Gasteiger partial charge in [0, 0.05) is 44.0 Å². The predicted molar refractivity (Wildman–Crippen MR) is 93.1 cm³/mol. The van der Waals surface area contributed by atoms with E-state index in [-0.39, 0.29) is 22.6 Å². The first-order chi connectivity index (χ1) is 12.0. The van der Waals surface area contributed by atoms with E-state index in [9.17, 15) is 14.9 Å². The number of nitro groups is 1. The van der Waals surface area contributed by atoms with E-state index in [1.807, 2.05) is 31.3 Å². The van der Waals surface area contributed by atoms with E-state index in [0.717, 1.165) is 12.8 Å². The average molecular weight is 343 g/mol. The van der Waals surface area contributed by atoms with Gasteiger partial charge in [-0.15, -0.1) is 0 Å². The van der Waals surface area contributed by atoms with Gasteiger partial charge < -0.3 is 0 Å². The van der Waals surface area contributed by atoms with Crippen LogP contribution in [0.5, 0.6) is 0 Å². The van der Waals surface area contributed by atoms with Gasteiger partial charge in [0.05, 0.1) is 11.0 Å². The molecule has 0 spiro atoms. The third kappa shape index (κ3) is 3.53. The number of piperidine rings is 1. The number of hydrogen-bond donors (Lipinski definition) is 0. The van der Waals surface area contributed by atoms with Crippen molar-refractivity contribution in [2.75, 3.05) is 18.5 Å². The molecule has 1 atom stereocenters. The highest BCUT2D eigenvalue weighted by atomic mass is 16.6. The summed E-state index contributed by atoms with van der Waals surface area (Å²) in [5, 5.41) is 15.5. The number of amides is 1.